The Morgan fingerprint density at radius 2 is 1.76 bits per heavy atom. The van der Waals surface area contributed by atoms with Gasteiger partial charge in [0.25, 0.3) is 0 Å². The molecule has 5 aliphatic rings. The van der Waals surface area contributed by atoms with E-state index in [1.54, 1.807) is 20.8 Å². The molecule has 0 saturated heterocycles. The molecule has 0 amide bonds. The molecule has 51 heavy (non-hydrogen) atoms. The number of phosphoric acid groups is 1. The lowest BCUT2D eigenvalue weighted by molar-refractivity contribution is -0.216. The van der Waals surface area contributed by atoms with Gasteiger partial charge in [-0.05, 0) is 56.6 Å². The Hall–Kier alpha value is -3.75. The number of alkyl halides is 1. The Labute approximate surface area is 294 Å². The molecule has 14 nitrogen and oxygen atoms in total. The molecule has 0 radical (unpaired) electrons. The van der Waals surface area contributed by atoms with E-state index in [1.165, 1.54) is 25.3 Å². The van der Waals surface area contributed by atoms with Crippen molar-refractivity contribution in [1.29, 1.82) is 0 Å². The molecule has 16 heteroatoms. The fourth-order valence-corrected chi connectivity index (χ4v) is 10.1. The summed E-state index contributed by atoms with van der Waals surface area (Å²) in [5, 5.41) is 12.2. The second kappa shape index (κ2) is 13.3. The number of allylic oxidation sites excluding steroid dienone is 6. The van der Waals surface area contributed by atoms with Gasteiger partial charge in [-0.15, -0.1) is 0 Å². The molecule has 278 valence electrons. The van der Waals surface area contributed by atoms with Gasteiger partial charge in [-0.3, -0.25) is 33.0 Å². The number of carbonyl (C=O) groups is 5. The number of halogens is 1. The minimum atomic E-state index is -5.16. The molecule has 0 aliphatic heterocycles. The predicted molar refractivity (Wildman–Crippen MR) is 176 cm³/mol. The zero-order valence-corrected chi connectivity index (χ0v) is 30.1. The van der Waals surface area contributed by atoms with Crippen LogP contribution in [0.5, 0.6) is 0 Å². The summed E-state index contributed by atoms with van der Waals surface area (Å²) in [5.74, 6) is -6.44. The number of aliphatic hydroxyl groups is 1. The minimum absolute atomic E-state index is 0.186. The van der Waals surface area contributed by atoms with Crippen molar-refractivity contribution < 1.29 is 66.2 Å². The molecule has 4 N–H and O–H groups in total. The van der Waals surface area contributed by atoms with E-state index in [0.717, 1.165) is 26.2 Å². The van der Waals surface area contributed by atoms with E-state index in [-0.39, 0.29) is 35.7 Å². The van der Waals surface area contributed by atoms with Crippen LogP contribution in [0.25, 0.3) is 0 Å². The highest BCUT2D eigenvalue weighted by molar-refractivity contribution is 7.47. The summed E-state index contributed by atoms with van der Waals surface area (Å²) < 4.78 is 57.8. The van der Waals surface area contributed by atoms with Gasteiger partial charge in [0.15, 0.2) is 18.1 Å². The summed E-state index contributed by atoms with van der Waals surface area (Å²) in [6.07, 6.45) is 4.82. The summed E-state index contributed by atoms with van der Waals surface area (Å²) in [4.78, 5) is 74.0. The van der Waals surface area contributed by atoms with Gasteiger partial charge >= 0.3 is 13.8 Å². The van der Waals surface area contributed by atoms with Crippen LogP contribution in [0.4, 0.5) is 4.39 Å². The fraction of sp³-hybridized carbons (Fsp3) is 0.571. The number of esters is 1. The summed E-state index contributed by atoms with van der Waals surface area (Å²) in [7, 11) is -2.83. The van der Waals surface area contributed by atoms with E-state index in [1.807, 2.05) is 0 Å². The Morgan fingerprint density at radius 3 is 2.39 bits per heavy atom. The summed E-state index contributed by atoms with van der Waals surface area (Å²) in [6.45, 7) is 4.59. The van der Waals surface area contributed by atoms with E-state index in [2.05, 4.69) is 0 Å². The minimum Gasteiger partial charge on any atom is -0.489 e. The van der Waals surface area contributed by atoms with Crippen LogP contribution < -0.4 is 5.73 Å². The van der Waals surface area contributed by atoms with Crippen molar-refractivity contribution in [2.75, 3.05) is 27.4 Å². The first-order chi connectivity index (χ1) is 23.7. The molecular weight excluding hydrogens is 692 g/mol. The second-order valence-corrected chi connectivity index (χ2v) is 15.6. The number of ether oxygens (including phenoxy) is 3. The smallest absolute Gasteiger partial charge is 0.472 e. The number of phosphoric ester groups is 1. The van der Waals surface area contributed by atoms with Crippen LogP contribution >= 0.6 is 7.82 Å². The normalized spacial score (nSPS) is 37.4. The van der Waals surface area contributed by atoms with Gasteiger partial charge in [0.1, 0.15) is 11.7 Å². The largest absolute Gasteiger partial charge is 0.489 e. The molecule has 5 aliphatic carbocycles. The molecule has 0 aromatic carbocycles. The molecule has 0 aromatic rings. The molecule has 0 bridgehead atoms. The standard InChI is InChI=1S/C35H43FNO13P/c1-18-14-24-23-10-9-20-15-21(39)11-12-32(20,3)34(23,36)26(16-33(24,4)35(18,43)25(40)17-48-19(2)38)50-51(44,45)49-13-7-8-22-27(37)29(42)31(47-6)30(46-5)28(22)41/h7-8,11-12,15,18,23-24,26,43H,9-10,13-14,16-17,37H2,1-6H3,(H,44,45)/b8-7+/t18-,23?,24+,26?,32?,33+,34+,35+/m1/s1. The molecule has 0 aromatic heterocycles. The average Bonchev–Trinajstić information content (AvgIpc) is 3.26. The molecule has 5 rings (SSSR count). The maximum absolute atomic E-state index is 18.4. The fourth-order valence-electron chi connectivity index (χ4n) is 9.22. The van der Waals surface area contributed by atoms with Crippen LogP contribution in [0.2, 0.25) is 0 Å². The number of hydrogen-bond acceptors (Lipinski definition) is 13. The molecule has 3 saturated carbocycles. The third-order valence-corrected chi connectivity index (χ3v) is 12.7. The maximum Gasteiger partial charge on any atom is 0.472 e. The Balaban J connectivity index is 1.47. The Morgan fingerprint density at radius 1 is 1.12 bits per heavy atom. The van der Waals surface area contributed by atoms with Crippen LogP contribution in [0.15, 0.2) is 58.7 Å². The lowest BCUT2D eigenvalue weighted by Crippen LogP contribution is -2.69. The predicted octanol–water partition coefficient (Wildman–Crippen LogP) is 3.03. The number of methoxy groups -OCH3 is 2. The Bertz CT molecular complexity index is 1780. The van der Waals surface area contributed by atoms with E-state index < -0.39 is 102 Å². The molecule has 4 unspecified atom stereocenters. The van der Waals surface area contributed by atoms with E-state index >= 15 is 4.39 Å². The number of Topliss-reactive ketones (excluding diaryl/α,β-unsaturated/α-hetero) is 3. The van der Waals surface area contributed by atoms with Crippen molar-refractivity contribution in [1.82, 2.24) is 0 Å². The van der Waals surface area contributed by atoms with Gasteiger partial charge in [0, 0.05) is 23.7 Å². The van der Waals surface area contributed by atoms with Gasteiger partial charge < -0.3 is 29.9 Å². The molecular formula is C35H43FNO13P. The first-order valence-corrected chi connectivity index (χ1v) is 18.0. The molecule has 3 fully saturated rings. The van der Waals surface area contributed by atoms with Crippen molar-refractivity contribution >= 4 is 36.9 Å². The highest BCUT2D eigenvalue weighted by atomic mass is 31.2. The number of nitrogens with two attached hydrogens (primary N) is 1. The SMILES string of the molecule is COC1=C(OC)C(=O)C(/C=C/COP(=O)(O)OC2C[C@@]3(C)[C@@H](C[C@@H](C)[C@]3(O)C(=O)COC(C)=O)C3CCC4=CC(=O)C=CC4(C)[C@@]23F)=C(N)C1=O. The monoisotopic (exact) mass is 735 g/mol. The number of carbonyl (C=O) groups excluding carboxylic acids is 5. The summed E-state index contributed by atoms with van der Waals surface area (Å²) >= 11 is 0. The van der Waals surface area contributed by atoms with Crippen molar-refractivity contribution in [3.63, 3.8) is 0 Å². The van der Waals surface area contributed by atoms with Crippen LogP contribution in [-0.4, -0.2) is 83.9 Å². The number of fused-ring (bicyclic) bond motifs is 5. The zero-order valence-electron chi connectivity index (χ0n) is 29.2. The lowest BCUT2D eigenvalue weighted by atomic mass is 9.44. The van der Waals surface area contributed by atoms with Gasteiger partial charge in [0.2, 0.25) is 28.9 Å². The third-order valence-electron chi connectivity index (χ3n) is 11.7. The highest BCUT2D eigenvalue weighted by Gasteiger charge is 2.76. The van der Waals surface area contributed by atoms with E-state index in [9.17, 15) is 38.5 Å². The van der Waals surface area contributed by atoms with Crippen molar-refractivity contribution in [2.45, 2.75) is 70.8 Å². The number of ketones is 4. The van der Waals surface area contributed by atoms with E-state index in [0.29, 0.717) is 12.0 Å². The van der Waals surface area contributed by atoms with Crippen LogP contribution in [-0.2, 0) is 51.8 Å². The number of rotatable bonds is 11. The molecule has 0 spiro atoms. The molecule has 9 atom stereocenters. The highest BCUT2D eigenvalue weighted by Crippen LogP contribution is 2.72. The lowest BCUT2D eigenvalue weighted by Gasteiger charge is -2.63. The third kappa shape index (κ3) is 5.87. The van der Waals surface area contributed by atoms with Crippen LogP contribution in [0.3, 0.4) is 0 Å². The zero-order chi connectivity index (χ0) is 37.9. The first kappa shape index (κ1) is 38.5. The van der Waals surface area contributed by atoms with Gasteiger partial charge in [-0.1, -0.05) is 37.6 Å². The van der Waals surface area contributed by atoms with Crippen LogP contribution in [0.1, 0.15) is 53.4 Å². The second-order valence-electron chi connectivity index (χ2n) is 14.2. The van der Waals surface area contributed by atoms with Gasteiger partial charge in [0.05, 0.1) is 32.1 Å². The average molecular weight is 736 g/mol. The number of hydrogen-bond donors (Lipinski definition) is 3. The van der Waals surface area contributed by atoms with Crippen LogP contribution in [0, 0.1) is 28.6 Å². The van der Waals surface area contributed by atoms with Crippen molar-refractivity contribution in [2.24, 2.45) is 34.3 Å². The summed E-state index contributed by atoms with van der Waals surface area (Å²) in [5.41, 5.74) is -1.82. The van der Waals surface area contributed by atoms with Gasteiger partial charge in [-0.25, -0.2) is 8.96 Å². The quantitative estimate of drug-likeness (QED) is 0.158. The van der Waals surface area contributed by atoms with Crippen molar-refractivity contribution in [3.8, 4) is 0 Å². The topological polar surface area (TPSA) is 215 Å². The molecule has 0 heterocycles. The van der Waals surface area contributed by atoms with Crippen molar-refractivity contribution in [3.05, 3.63) is 58.7 Å². The van der Waals surface area contributed by atoms with E-state index in [4.69, 9.17) is 29.0 Å². The first-order valence-electron chi connectivity index (χ1n) is 16.5. The van der Waals surface area contributed by atoms with Gasteiger partial charge in [-0.2, -0.15) is 0 Å². The maximum atomic E-state index is 18.4. The Kier molecular flexibility index (Phi) is 10.1. The summed E-state index contributed by atoms with van der Waals surface area (Å²) in [6, 6.07) is 0.